The molecule has 0 bridgehead atoms. The Bertz CT molecular complexity index is 597. The van der Waals surface area contributed by atoms with Crippen molar-refractivity contribution in [2.75, 3.05) is 0 Å². The molecule has 0 aromatic heterocycles. The van der Waals surface area contributed by atoms with Crippen LogP contribution in [0.2, 0.25) is 0 Å². The van der Waals surface area contributed by atoms with E-state index in [1.165, 1.54) is 107 Å². The minimum absolute atomic E-state index is 1.26. The number of benzene rings is 2. The molecule has 0 aliphatic carbocycles. The van der Waals surface area contributed by atoms with Crippen molar-refractivity contribution in [1.29, 1.82) is 0 Å². The maximum Gasteiger partial charge on any atom is -0.0276 e. The Hall–Kier alpha value is -1.56. The van der Waals surface area contributed by atoms with Crippen molar-refractivity contribution in [3.05, 3.63) is 70.8 Å². The lowest BCUT2D eigenvalue weighted by molar-refractivity contribution is 0.536. The van der Waals surface area contributed by atoms with Crippen LogP contribution in [-0.4, -0.2) is 0 Å². The summed E-state index contributed by atoms with van der Waals surface area (Å²) in [6, 6.07) is 17.7. The largest absolute Gasteiger partial charge is 0.0620 e. The van der Waals surface area contributed by atoms with Crippen LogP contribution in [0.3, 0.4) is 0 Å². The van der Waals surface area contributed by atoms with Gasteiger partial charge in [0.25, 0.3) is 0 Å². The van der Waals surface area contributed by atoms with E-state index in [-0.39, 0.29) is 0 Å². The fourth-order valence-electron chi connectivity index (χ4n) is 4.36. The quantitative estimate of drug-likeness (QED) is 0.250. The van der Waals surface area contributed by atoms with E-state index in [1.54, 1.807) is 11.1 Å². The molecule has 29 heavy (non-hydrogen) atoms. The summed E-state index contributed by atoms with van der Waals surface area (Å²) in [5.74, 6) is 0. The van der Waals surface area contributed by atoms with Crippen molar-refractivity contribution in [2.45, 2.75) is 110 Å². The first-order valence-corrected chi connectivity index (χ1v) is 12.4. The lowest BCUT2D eigenvalue weighted by Crippen LogP contribution is -1.90. The van der Waals surface area contributed by atoms with Gasteiger partial charge in [-0.25, -0.2) is 0 Å². The highest BCUT2D eigenvalue weighted by Gasteiger charge is 1.99. The zero-order chi connectivity index (χ0) is 20.6. The highest BCUT2D eigenvalue weighted by molar-refractivity contribution is 5.26. The van der Waals surface area contributed by atoms with E-state index in [2.05, 4.69) is 62.4 Å². The van der Waals surface area contributed by atoms with E-state index in [0.29, 0.717) is 0 Å². The van der Waals surface area contributed by atoms with E-state index in [9.17, 15) is 0 Å². The number of hydrogen-bond donors (Lipinski definition) is 0. The molecule has 0 amide bonds. The van der Waals surface area contributed by atoms with Gasteiger partial charge in [0.2, 0.25) is 0 Å². The van der Waals surface area contributed by atoms with E-state index < -0.39 is 0 Å². The topological polar surface area (TPSA) is 0 Å². The molecule has 0 saturated heterocycles. The van der Waals surface area contributed by atoms with Crippen LogP contribution in [0, 0.1) is 13.8 Å². The Morgan fingerprint density at radius 3 is 0.966 bits per heavy atom. The van der Waals surface area contributed by atoms with E-state index in [0.717, 1.165) is 0 Å². The monoisotopic (exact) mass is 392 g/mol. The Kier molecular flexibility index (Phi) is 12.5. The van der Waals surface area contributed by atoms with Gasteiger partial charge in [-0.3, -0.25) is 0 Å². The van der Waals surface area contributed by atoms with Crippen LogP contribution >= 0.6 is 0 Å². The molecule has 0 N–H and O–H groups in total. The molecule has 2 rings (SSSR count). The van der Waals surface area contributed by atoms with Crippen LogP contribution in [0.25, 0.3) is 0 Å². The molecule has 0 nitrogen and oxygen atoms in total. The summed E-state index contributed by atoms with van der Waals surface area (Å²) < 4.78 is 0. The van der Waals surface area contributed by atoms with Crippen molar-refractivity contribution in [3.8, 4) is 0 Å². The second kappa shape index (κ2) is 15.3. The summed E-state index contributed by atoms with van der Waals surface area (Å²) in [5, 5.41) is 0. The predicted octanol–water partition coefficient (Wildman–Crippen LogP) is 9.16. The number of rotatable bonds is 16. The molecule has 0 fully saturated rings. The second-order valence-corrected chi connectivity index (χ2v) is 8.95. The summed E-state index contributed by atoms with van der Waals surface area (Å²) in [4.78, 5) is 0. The van der Waals surface area contributed by atoms with Gasteiger partial charge in [-0.15, -0.1) is 0 Å². The molecule has 2 aromatic carbocycles. The smallest absolute Gasteiger partial charge is 0.0276 e. The van der Waals surface area contributed by atoms with Crippen molar-refractivity contribution < 1.29 is 0 Å². The molecule has 0 saturated carbocycles. The Balaban J connectivity index is 1.31. The molecular weight excluding hydrogens is 348 g/mol. The molecule has 0 radical (unpaired) electrons. The maximum absolute atomic E-state index is 2.29. The third kappa shape index (κ3) is 10.7. The standard InChI is InChI=1S/C29H44/c1-26-20-16-18-24-28(26)22-14-12-10-8-6-4-3-5-7-9-11-13-15-23-29-25-19-17-21-27(29)2/h16-21,24-25H,3-15,22-23H2,1-2H3. The third-order valence-corrected chi connectivity index (χ3v) is 6.41. The first-order chi connectivity index (χ1) is 14.3. The summed E-state index contributed by atoms with van der Waals surface area (Å²) in [6.07, 6.45) is 21.0. The van der Waals surface area contributed by atoms with Crippen LogP contribution < -0.4 is 0 Å². The second-order valence-electron chi connectivity index (χ2n) is 8.95. The fourth-order valence-corrected chi connectivity index (χ4v) is 4.36. The predicted molar refractivity (Wildman–Crippen MR) is 130 cm³/mol. The van der Waals surface area contributed by atoms with Gasteiger partial charge in [-0.05, 0) is 61.8 Å². The molecule has 0 aliphatic heterocycles. The Morgan fingerprint density at radius 2 is 0.655 bits per heavy atom. The highest BCUT2D eigenvalue weighted by Crippen LogP contribution is 2.16. The molecule has 0 heteroatoms. The molecule has 0 atom stereocenters. The van der Waals surface area contributed by atoms with E-state index >= 15 is 0 Å². The zero-order valence-electron chi connectivity index (χ0n) is 19.2. The average molecular weight is 393 g/mol. The van der Waals surface area contributed by atoms with Gasteiger partial charge >= 0.3 is 0 Å². The van der Waals surface area contributed by atoms with Crippen LogP contribution in [0.15, 0.2) is 48.5 Å². The Labute approximate surface area is 181 Å². The summed E-state index contributed by atoms with van der Waals surface area (Å²) in [5.41, 5.74) is 6.00. The lowest BCUT2D eigenvalue weighted by atomic mass is 10.00. The molecule has 160 valence electrons. The first-order valence-electron chi connectivity index (χ1n) is 12.4. The molecule has 0 spiro atoms. The Morgan fingerprint density at radius 1 is 0.379 bits per heavy atom. The van der Waals surface area contributed by atoms with Gasteiger partial charge in [0.05, 0.1) is 0 Å². The fraction of sp³-hybridized carbons (Fsp3) is 0.586. The molecule has 0 unspecified atom stereocenters. The highest BCUT2D eigenvalue weighted by atomic mass is 14.0. The number of aryl methyl sites for hydroxylation is 4. The van der Waals surface area contributed by atoms with Gasteiger partial charge in [-0.1, -0.05) is 119 Å². The summed E-state index contributed by atoms with van der Waals surface area (Å²) >= 11 is 0. The van der Waals surface area contributed by atoms with Crippen molar-refractivity contribution in [1.82, 2.24) is 0 Å². The van der Waals surface area contributed by atoms with Gasteiger partial charge < -0.3 is 0 Å². The van der Waals surface area contributed by atoms with Gasteiger partial charge in [0.1, 0.15) is 0 Å². The molecular formula is C29H44. The van der Waals surface area contributed by atoms with Crippen LogP contribution in [0.4, 0.5) is 0 Å². The lowest BCUT2D eigenvalue weighted by Gasteiger charge is -2.06. The van der Waals surface area contributed by atoms with Crippen molar-refractivity contribution in [2.24, 2.45) is 0 Å². The summed E-state index contributed by atoms with van der Waals surface area (Å²) in [6.45, 7) is 4.47. The molecule has 0 aliphatic rings. The number of hydrogen-bond acceptors (Lipinski definition) is 0. The molecule has 0 heterocycles. The zero-order valence-corrected chi connectivity index (χ0v) is 19.2. The van der Waals surface area contributed by atoms with Gasteiger partial charge in [-0.2, -0.15) is 0 Å². The minimum Gasteiger partial charge on any atom is -0.0620 e. The average Bonchev–Trinajstić information content (AvgIpc) is 2.73. The SMILES string of the molecule is Cc1ccccc1CCCCCCCCCCCCCCCc1ccccc1C. The number of unbranched alkanes of at least 4 members (excludes halogenated alkanes) is 12. The van der Waals surface area contributed by atoms with Gasteiger partial charge in [0, 0.05) is 0 Å². The van der Waals surface area contributed by atoms with Crippen molar-refractivity contribution >= 4 is 0 Å². The van der Waals surface area contributed by atoms with Crippen molar-refractivity contribution in [3.63, 3.8) is 0 Å². The van der Waals surface area contributed by atoms with Crippen LogP contribution in [0.5, 0.6) is 0 Å². The summed E-state index contributed by atoms with van der Waals surface area (Å²) in [7, 11) is 0. The molecule has 2 aromatic rings. The van der Waals surface area contributed by atoms with E-state index in [4.69, 9.17) is 0 Å². The third-order valence-electron chi connectivity index (χ3n) is 6.41. The maximum atomic E-state index is 2.29. The van der Waals surface area contributed by atoms with Crippen LogP contribution in [-0.2, 0) is 12.8 Å². The van der Waals surface area contributed by atoms with Gasteiger partial charge in [0.15, 0.2) is 0 Å². The normalized spacial score (nSPS) is 11.1. The van der Waals surface area contributed by atoms with Crippen LogP contribution in [0.1, 0.15) is 106 Å². The first kappa shape index (κ1) is 23.7. The van der Waals surface area contributed by atoms with E-state index in [1.807, 2.05) is 0 Å². The minimum atomic E-state index is 1.26.